The Kier molecular flexibility index (Phi) is 8.25. The molecule has 1 nitrogen and oxygen atoms in total. The van der Waals surface area contributed by atoms with Crippen molar-refractivity contribution in [1.29, 1.82) is 0 Å². The first kappa shape index (κ1) is 17.6. The Morgan fingerprint density at radius 1 is 1.24 bits per heavy atom. The maximum Gasteiger partial charge on any atom is 0.192 e. The summed E-state index contributed by atoms with van der Waals surface area (Å²) < 4.78 is 8.54. The summed E-state index contributed by atoms with van der Waals surface area (Å²) in [6, 6.07) is 0. The molecular weight excluding hydrogens is 339 g/mol. The van der Waals surface area contributed by atoms with Gasteiger partial charge in [-0.05, 0) is 28.6 Å². The molecule has 0 N–H and O–H groups in total. The van der Waals surface area contributed by atoms with E-state index in [-0.39, 0.29) is 0 Å². The van der Waals surface area contributed by atoms with Gasteiger partial charge in [0.15, 0.2) is 8.32 Å². The molecule has 0 aromatic carbocycles. The zero-order chi connectivity index (χ0) is 13.5. The van der Waals surface area contributed by atoms with Gasteiger partial charge in [-0.1, -0.05) is 75.6 Å². The van der Waals surface area contributed by atoms with E-state index < -0.39 is 8.32 Å². The summed E-state index contributed by atoms with van der Waals surface area (Å²) in [6.07, 6.45) is 7.57. The molecule has 0 heterocycles. The van der Waals surface area contributed by atoms with Gasteiger partial charge in [0, 0.05) is 0 Å². The van der Waals surface area contributed by atoms with Crippen molar-refractivity contribution in [3.8, 4) is 0 Å². The standard InChI is InChI=1S/C14H29IOSi/c1-7-8-9-10-13(11-12-15)16-17(5,6)14(2,3)4/h11-13H,7-10H2,1-6H3/b12-11-. The molecule has 17 heavy (non-hydrogen) atoms. The van der Waals surface area contributed by atoms with Crippen LogP contribution in [0.25, 0.3) is 0 Å². The highest BCUT2D eigenvalue weighted by Gasteiger charge is 2.38. The van der Waals surface area contributed by atoms with E-state index in [0.717, 1.165) is 0 Å². The van der Waals surface area contributed by atoms with Gasteiger partial charge in [0.2, 0.25) is 0 Å². The summed E-state index contributed by atoms with van der Waals surface area (Å²) in [6.45, 7) is 13.8. The van der Waals surface area contributed by atoms with E-state index in [2.05, 4.69) is 73.5 Å². The van der Waals surface area contributed by atoms with Crippen LogP contribution in [-0.4, -0.2) is 14.4 Å². The monoisotopic (exact) mass is 368 g/mol. The largest absolute Gasteiger partial charge is 0.411 e. The quantitative estimate of drug-likeness (QED) is 0.309. The predicted octanol–water partition coefficient (Wildman–Crippen LogP) is 5.91. The highest BCUT2D eigenvalue weighted by molar-refractivity contribution is 14.1. The minimum absolute atomic E-state index is 0.301. The molecule has 0 saturated carbocycles. The minimum atomic E-state index is -1.62. The van der Waals surface area contributed by atoms with Crippen molar-refractivity contribution in [3.63, 3.8) is 0 Å². The molecule has 0 aliphatic heterocycles. The van der Waals surface area contributed by atoms with Crippen LogP contribution in [0.2, 0.25) is 18.1 Å². The highest BCUT2D eigenvalue weighted by atomic mass is 127. The molecule has 0 rings (SSSR count). The van der Waals surface area contributed by atoms with Crippen LogP contribution in [0.5, 0.6) is 0 Å². The number of hydrogen-bond acceptors (Lipinski definition) is 1. The Morgan fingerprint density at radius 3 is 2.24 bits per heavy atom. The van der Waals surface area contributed by atoms with Crippen molar-refractivity contribution in [2.45, 2.75) is 77.6 Å². The highest BCUT2D eigenvalue weighted by Crippen LogP contribution is 2.38. The first-order chi connectivity index (χ1) is 7.74. The maximum absolute atomic E-state index is 6.44. The molecule has 1 atom stereocenters. The molecule has 102 valence electrons. The van der Waals surface area contributed by atoms with Gasteiger partial charge in [0.05, 0.1) is 6.10 Å². The third-order valence-electron chi connectivity index (χ3n) is 3.63. The summed E-state index contributed by atoms with van der Waals surface area (Å²) in [5.41, 5.74) is 0. The Hall–Kier alpha value is 0.647. The van der Waals surface area contributed by atoms with Gasteiger partial charge in [-0.2, -0.15) is 0 Å². The minimum Gasteiger partial charge on any atom is -0.411 e. The second kappa shape index (κ2) is 7.95. The number of unbranched alkanes of at least 4 members (excludes halogenated alkanes) is 2. The van der Waals surface area contributed by atoms with Gasteiger partial charge in [-0.15, -0.1) is 0 Å². The van der Waals surface area contributed by atoms with Crippen LogP contribution in [0.1, 0.15) is 53.4 Å². The van der Waals surface area contributed by atoms with Crippen molar-refractivity contribution in [2.24, 2.45) is 0 Å². The fourth-order valence-electron chi connectivity index (χ4n) is 1.43. The molecule has 0 aliphatic rings. The fraction of sp³-hybridized carbons (Fsp3) is 0.857. The summed E-state index contributed by atoms with van der Waals surface area (Å²) in [4.78, 5) is 0. The molecule has 1 unspecified atom stereocenters. The molecule has 0 aliphatic carbocycles. The average Bonchev–Trinajstić information content (AvgIpc) is 2.16. The topological polar surface area (TPSA) is 9.23 Å². The molecular formula is C14H29IOSi. The zero-order valence-corrected chi connectivity index (χ0v) is 15.5. The third kappa shape index (κ3) is 6.96. The van der Waals surface area contributed by atoms with Gasteiger partial charge in [-0.3, -0.25) is 0 Å². The van der Waals surface area contributed by atoms with Gasteiger partial charge in [0.1, 0.15) is 0 Å². The Morgan fingerprint density at radius 2 is 1.82 bits per heavy atom. The van der Waals surface area contributed by atoms with Crippen molar-refractivity contribution in [1.82, 2.24) is 0 Å². The maximum atomic E-state index is 6.44. The van der Waals surface area contributed by atoms with Crippen LogP contribution in [-0.2, 0) is 4.43 Å². The molecule has 0 amide bonds. The second-order valence-corrected chi connectivity index (χ2v) is 11.7. The fourth-order valence-corrected chi connectivity index (χ4v) is 3.20. The van der Waals surface area contributed by atoms with Crippen LogP contribution >= 0.6 is 22.6 Å². The van der Waals surface area contributed by atoms with E-state index in [4.69, 9.17) is 4.43 Å². The number of halogens is 1. The van der Waals surface area contributed by atoms with E-state index in [9.17, 15) is 0 Å². The van der Waals surface area contributed by atoms with Crippen LogP contribution in [0.3, 0.4) is 0 Å². The first-order valence-electron chi connectivity index (χ1n) is 6.69. The number of hydrogen-bond donors (Lipinski definition) is 0. The third-order valence-corrected chi connectivity index (χ3v) is 8.55. The summed E-state index contributed by atoms with van der Waals surface area (Å²) in [5.74, 6) is 0. The van der Waals surface area contributed by atoms with Gasteiger partial charge in [0.25, 0.3) is 0 Å². The lowest BCUT2D eigenvalue weighted by atomic mass is 10.1. The first-order valence-corrected chi connectivity index (χ1v) is 10.8. The molecule has 0 spiro atoms. The van der Waals surface area contributed by atoms with Crippen LogP contribution in [0, 0.1) is 0 Å². The SMILES string of the molecule is CCCCCC(/C=C\I)O[Si](C)(C)C(C)(C)C. The molecule has 0 aromatic rings. The molecule has 0 fully saturated rings. The number of rotatable bonds is 7. The Labute approximate surface area is 123 Å². The van der Waals surface area contributed by atoms with Crippen molar-refractivity contribution < 1.29 is 4.43 Å². The summed E-state index contributed by atoms with van der Waals surface area (Å²) in [5, 5.41) is 0.301. The van der Waals surface area contributed by atoms with Crippen LogP contribution < -0.4 is 0 Å². The van der Waals surface area contributed by atoms with Crippen molar-refractivity contribution >= 4 is 30.9 Å². The predicted molar refractivity (Wildman–Crippen MR) is 89.4 cm³/mol. The Balaban J connectivity index is 4.43. The molecule has 0 radical (unpaired) electrons. The van der Waals surface area contributed by atoms with E-state index in [1.165, 1.54) is 25.7 Å². The van der Waals surface area contributed by atoms with E-state index in [1.54, 1.807) is 0 Å². The molecule has 0 saturated heterocycles. The van der Waals surface area contributed by atoms with Gasteiger partial charge < -0.3 is 4.43 Å². The molecule has 3 heteroatoms. The van der Waals surface area contributed by atoms with Crippen molar-refractivity contribution in [2.75, 3.05) is 0 Å². The van der Waals surface area contributed by atoms with Gasteiger partial charge in [-0.25, -0.2) is 0 Å². The lowest BCUT2D eigenvalue weighted by Gasteiger charge is -2.38. The second-order valence-electron chi connectivity index (χ2n) is 6.23. The summed E-state index contributed by atoms with van der Waals surface area (Å²) in [7, 11) is -1.62. The molecule has 0 bridgehead atoms. The van der Waals surface area contributed by atoms with Crippen molar-refractivity contribution in [3.05, 3.63) is 10.2 Å². The van der Waals surface area contributed by atoms with Crippen LogP contribution in [0.4, 0.5) is 0 Å². The van der Waals surface area contributed by atoms with E-state index >= 15 is 0 Å². The van der Waals surface area contributed by atoms with Crippen LogP contribution in [0.15, 0.2) is 10.2 Å². The average molecular weight is 368 g/mol. The molecule has 0 aromatic heterocycles. The Bertz CT molecular complexity index is 231. The van der Waals surface area contributed by atoms with E-state index in [1.807, 2.05) is 0 Å². The van der Waals surface area contributed by atoms with E-state index in [0.29, 0.717) is 11.1 Å². The summed E-state index contributed by atoms with van der Waals surface area (Å²) >= 11 is 2.29. The lowest BCUT2D eigenvalue weighted by Crippen LogP contribution is -2.43. The smallest absolute Gasteiger partial charge is 0.192 e. The lowest BCUT2D eigenvalue weighted by molar-refractivity contribution is 0.211. The van der Waals surface area contributed by atoms with Gasteiger partial charge >= 0.3 is 0 Å². The normalized spacial score (nSPS) is 15.5. The zero-order valence-electron chi connectivity index (χ0n) is 12.3.